The highest BCUT2D eigenvalue weighted by molar-refractivity contribution is 6.59. The average molecular weight is 221 g/mol. The molecule has 0 aromatic carbocycles. The second-order valence-corrected chi connectivity index (χ2v) is 2.11. The lowest BCUT2D eigenvalue weighted by Crippen LogP contribution is -2.42. The molecule has 4 N–H and O–H groups in total. The zero-order chi connectivity index (χ0) is 11.8. The second kappa shape index (κ2) is 8.10. The van der Waals surface area contributed by atoms with Crippen LogP contribution in [-0.2, 0) is 23.0 Å². The van der Waals surface area contributed by atoms with Crippen LogP contribution in [0.2, 0.25) is 0 Å². The summed E-state index contributed by atoms with van der Waals surface area (Å²) >= 11 is 0. The van der Waals surface area contributed by atoms with Gasteiger partial charge in [0, 0.05) is 14.2 Å². The molecule has 0 unspecified atom stereocenters. The summed E-state index contributed by atoms with van der Waals surface area (Å²) in [6.45, 7) is 0. The van der Waals surface area contributed by atoms with Crippen LogP contribution in [-0.4, -0.2) is 63.6 Å². The molecule has 0 aromatic heterocycles. The number of hydrogen-bond donors (Lipinski definition) is 4. The van der Waals surface area contributed by atoms with Crippen molar-refractivity contribution in [3.63, 3.8) is 0 Å². The summed E-state index contributed by atoms with van der Waals surface area (Å²) in [7, 11) is -5.23. The van der Waals surface area contributed by atoms with Gasteiger partial charge < -0.3 is 43.1 Å². The van der Waals surface area contributed by atoms with Crippen LogP contribution in [0.1, 0.15) is 0 Å². The molecule has 15 heavy (non-hydrogen) atoms. The summed E-state index contributed by atoms with van der Waals surface area (Å²) in [5.74, 6) is 0. The summed E-state index contributed by atoms with van der Waals surface area (Å²) in [5, 5.41) is 35.1. The predicted octanol–water partition coefficient (Wildman–Crippen LogP) is -3.76. The largest absolute Gasteiger partial charge is 0.624 e. The van der Waals surface area contributed by atoms with Crippen molar-refractivity contribution in [3.05, 3.63) is 0 Å². The van der Waals surface area contributed by atoms with E-state index in [-0.39, 0.29) is 0 Å². The fourth-order valence-corrected chi connectivity index (χ4v) is 0.474. The summed E-state index contributed by atoms with van der Waals surface area (Å²) < 4.78 is 21.0. The van der Waals surface area contributed by atoms with Gasteiger partial charge in [-0.05, 0) is 0 Å². The summed E-state index contributed by atoms with van der Waals surface area (Å²) in [4.78, 5) is 0. The third-order valence-electron chi connectivity index (χ3n) is 1.10. The normalized spacial score (nSPS) is 10.0. The van der Waals surface area contributed by atoms with Crippen LogP contribution >= 0.6 is 0 Å². The van der Waals surface area contributed by atoms with Gasteiger partial charge in [-0.25, -0.2) is 0 Å². The molecule has 0 saturated carbocycles. The van der Waals surface area contributed by atoms with E-state index >= 15 is 0 Å². The Labute approximate surface area is 87.6 Å². The molecule has 0 aromatic rings. The van der Waals surface area contributed by atoms with E-state index in [0.29, 0.717) is 0 Å². The van der Waals surface area contributed by atoms with Crippen LogP contribution in [0.15, 0.2) is 0 Å². The van der Waals surface area contributed by atoms with Gasteiger partial charge in [0.25, 0.3) is 0 Å². The third kappa shape index (κ3) is 7.79. The van der Waals surface area contributed by atoms with Crippen molar-refractivity contribution in [2.24, 2.45) is 0 Å². The van der Waals surface area contributed by atoms with Gasteiger partial charge in [0.15, 0.2) is 0 Å². The van der Waals surface area contributed by atoms with Gasteiger partial charge in [0.2, 0.25) is 0 Å². The minimum Gasteiger partial charge on any atom is -0.403 e. The minimum atomic E-state index is -2.00. The van der Waals surface area contributed by atoms with Gasteiger partial charge in [0.1, 0.15) is 0 Å². The highest BCUT2D eigenvalue weighted by atomic mass is 16.8. The van der Waals surface area contributed by atoms with E-state index in [0.717, 1.165) is 14.2 Å². The first-order valence-corrected chi connectivity index (χ1v) is 3.73. The lowest BCUT2D eigenvalue weighted by atomic mass is 10.0. The van der Waals surface area contributed by atoms with Gasteiger partial charge in [0.05, 0.1) is 0 Å². The molecule has 0 aliphatic heterocycles. The van der Waals surface area contributed by atoms with E-state index in [4.69, 9.17) is 20.1 Å². The Kier molecular flexibility index (Phi) is 8.04. The van der Waals surface area contributed by atoms with Crippen molar-refractivity contribution in [1.82, 2.24) is 0 Å². The van der Waals surface area contributed by atoms with Gasteiger partial charge in [-0.1, -0.05) is 0 Å². The predicted molar refractivity (Wildman–Crippen MR) is 49.2 cm³/mol. The molecule has 0 bridgehead atoms. The Balaban J connectivity index is 3.70. The van der Waals surface area contributed by atoms with Crippen LogP contribution in [0.25, 0.3) is 0 Å². The molecular weight excluding hydrogens is 211 g/mol. The third-order valence-corrected chi connectivity index (χ3v) is 1.10. The van der Waals surface area contributed by atoms with Gasteiger partial charge >= 0.3 is 29.3 Å². The van der Waals surface area contributed by atoms with Gasteiger partial charge in [-0.15, -0.1) is 0 Å². The summed E-state index contributed by atoms with van der Waals surface area (Å²) in [6, 6.07) is 0. The smallest absolute Gasteiger partial charge is 0.403 e. The quantitative estimate of drug-likeness (QED) is 0.305. The van der Waals surface area contributed by atoms with Crippen molar-refractivity contribution in [1.29, 1.82) is 0 Å². The molecule has 0 fully saturated rings. The first-order valence-electron chi connectivity index (χ1n) is 3.73. The van der Waals surface area contributed by atoms with Crippen LogP contribution in [0.5, 0.6) is 0 Å². The maximum atomic E-state index is 8.86. The van der Waals surface area contributed by atoms with Gasteiger partial charge in [-0.2, -0.15) is 0 Å². The van der Waals surface area contributed by atoms with Crippen LogP contribution in [0.3, 0.4) is 0 Å². The first-order chi connectivity index (χ1) is 6.99. The summed E-state index contributed by atoms with van der Waals surface area (Å²) in [6.07, 6.45) is 0. The summed E-state index contributed by atoms with van der Waals surface area (Å²) in [5.41, 5.74) is 0. The highest BCUT2D eigenvalue weighted by Crippen LogP contribution is 1.94. The fraction of sp³-hybridized carbons (Fsp3) is 1.00. The molecule has 0 aliphatic rings. The average Bonchev–Trinajstić information content (AvgIpc) is 2.16. The molecule has 0 atom stereocenters. The van der Waals surface area contributed by atoms with Crippen molar-refractivity contribution in [2.75, 3.05) is 14.2 Å². The number of rotatable bonds is 8. The van der Waals surface area contributed by atoms with Crippen molar-refractivity contribution < 1.29 is 43.1 Å². The van der Waals surface area contributed by atoms with E-state index in [1.54, 1.807) is 0 Å². The minimum absolute atomic E-state index is 1.11. The second-order valence-electron chi connectivity index (χ2n) is 2.11. The molecule has 9 nitrogen and oxygen atoms in total. The molecule has 0 radical (unpaired) electrons. The van der Waals surface area contributed by atoms with Crippen LogP contribution in [0.4, 0.5) is 0 Å². The molecule has 0 heterocycles. The Bertz CT molecular complexity index is 143. The van der Waals surface area contributed by atoms with E-state index < -0.39 is 29.3 Å². The SMILES string of the molecule is COB(O)OB(O)OB(O)OB(O)OC. The monoisotopic (exact) mass is 222 g/mol. The Hall–Kier alpha value is -0.100. The van der Waals surface area contributed by atoms with Crippen molar-refractivity contribution in [2.45, 2.75) is 0 Å². The molecule has 0 amide bonds. The molecule has 0 saturated heterocycles. The fourth-order valence-electron chi connectivity index (χ4n) is 0.474. The Morgan fingerprint density at radius 1 is 0.600 bits per heavy atom. The van der Waals surface area contributed by atoms with Crippen molar-refractivity contribution >= 4 is 29.3 Å². The van der Waals surface area contributed by atoms with Crippen molar-refractivity contribution in [3.8, 4) is 0 Å². The highest BCUT2D eigenvalue weighted by Gasteiger charge is 2.34. The maximum absolute atomic E-state index is 8.86. The zero-order valence-electron chi connectivity index (χ0n) is 8.14. The van der Waals surface area contributed by atoms with Crippen LogP contribution < -0.4 is 0 Å². The standard InChI is InChI=1S/C2H10B4O9/c1-11-3(7)13-5(9)15-6(10)14-4(8)12-2/h7-10H,1-2H3. The molecule has 84 valence electrons. The lowest BCUT2D eigenvalue weighted by molar-refractivity contribution is 0.153. The van der Waals surface area contributed by atoms with E-state index in [2.05, 4.69) is 23.0 Å². The Morgan fingerprint density at radius 2 is 0.867 bits per heavy atom. The van der Waals surface area contributed by atoms with Crippen LogP contribution in [0, 0.1) is 0 Å². The topological polar surface area (TPSA) is 127 Å². The molecule has 0 rings (SSSR count). The first kappa shape index (κ1) is 14.9. The molecule has 13 heteroatoms. The molecule has 0 aliphatic carbocycles. The van der Waals surface area contributed by atoms with Gasteiger partial charge in [-0.3, -0.25) is 0 Å². The Morgan fingerprint density at radius 3 is 1.13 bits per heavy atom. The lowest BCUT2D eigenvalue weighted by Gasteiger charge is -2.12. The molecular formula is C2H10B4O9. The van der Waals surface area contributed by atoms with E-state index in [1.807, 2.05) is 0 Å². The van der Waals surface area contributed by atoms with E-state index in [1.165, 1.54) is 0 Å². The maximum Gasteiger partial charge on any atom is 0.624 e. The molecule has 0 spiro atoms. The van der Waals surface area contributed by atoms with E-state index in [9.17, 15) is 0 Å². The zero-order valence-corrected chi connectivity index (χ0v) is 8.14. The number of hydrogen-bond acceptors (Lipinski definition) is 9.